The zero-order chi connectivity index (χ0) is 14.9. The molecule has 0 radical (unpaired) electrons. The number of methoxy groups -OCH3 is 1. The van der Waals surface area contributed by atoms with E-state index in [1.54, 1.807) is 6.92 Å². The van der Waals surface area contributed by atoms with Gasteiger partial charge in [-0.2, -0.15) is 4.73 Å². The van der Waals surface area contributed by atoms with Crippen LogP contribution >= 0.6 is 0 Å². The molecule has 0 saturated heterocycles. The normalized spacial score (nSPS) is 10.5. The van der Waals surface area contributed by atoms with Gasteiger partial charge in [-0.3, -0.25) is 4.79 Å². The summed E-state index contributed by atoms with van der Waals surface area (Å²) in [5.74, 6) is -0.754. The number of hydrogen-bond donors (Lipinski definition) is 1. The van der Waals surface area contributed by atoms with Crippen LogP contribution in [0.4, 0.5) is 0 Å². The number of benzene rings is 1. The Morgan fingerprint density at radius 3 is 2.80 bits per heavy atom. The first-order chi connectivity index (χ1) is 9.51. The molecule has 20 heavy (non-hydrogen) atoms. The van der Waals surface area contributed by atoms with E-state index in [0.29, 0.717) is 12.4 Å². The number of carbonyl (C=O) groups excluding carboxylic acids is 1. The molecule has 0 bridgehead atoms. The first kappa shape index (κ1) is 13.7. The van der Waals surface area contributed by atoms with E-state index in [0.717, 1.165) is 7.11 Å². The maximum absolute atomic E-state index is 12.1. The smallest absolute Gasteiger partial charge is 0.411 e. The van der Waals surface area contributed by atoms with Crippen LogP contribution in [0.3, 0.4) is 0 Å². The average Bonchev–Trinajstić information content (AvgIpc) is 2.45. The van der Waals surface area contributed by atoms with Crippen LogP contribution in [0.25, 0.3) is 11.0 Å². The van der Waals surface area contributed by atoms with E-state index in [1.807, 2.05) is 0 Å². The second-order valence-electron chi connectivity index (χ2n) is 3.84. The Kier molecular flexibility index (Phi) is 3.47. The largest absolute Gasteiger partial charge is 0.617 e. The first-order valence-corrected chi connectivity index (χ1v) is 5.74. The third-order valence-electron chi connectivity index (χ3n) is 2.68. The lowest BCUT2D eigenvalue weighted by Crippen LogP contribution is -2.46. The lowest BCUT2D eigenvalue weighted by molar-refractivity contribution is -0.582. The molecule has 0 atom stereocenters. The van der Waals surface area contributed by atoms with Gasteiger partial charge in [0, 0.05) is 0 Å². The third-order valence-corrected chi connectivity index (χ3v) is 2.68. The van der Waals surface area contributed by atoms with Crippen molar-refractivity contribution in [3.8, 4) is 5.75 Å². The molecule has 0 saturated carbocycles. The van der Waals surface area contributed by atoms with Gasteiger partial charge in [-0.25, -0.2) is 4.79 Å². The van der Waals surface area contributed by atoms with Crippen LogP contribution in [0.5, 0.6) is 5.75 Å². The molecule has 0 unspecified atom stereocenters. The highest BCUT2D eigenvalue weighted by Crippen LogP contribution is 2.17. The summed E-state index contributed by atoms with van der Waals surface area (Å²) >= 11 is 0. The van der Waals surface area contributed by atoms with Crippen LogP contribution in [-0.4, -0.2) is 29.6 Å². The summed E-state index contributed by atoms with van der Waals surface area (Å²) in [6.45, 7) is 2.15. The van der Waals surface area contributed by atoms with Gasteiger partial charge >= 0.3 is 17.2 Å². The summed E-state index contributed by atoms with van der Waals surface area (Å²) in [6.07, 6.45) is 0. The van der Waals surface area contributed by atoms with E-state index in [2.05, 4.69) is 4.74 Å². The number of nitrogens with zero attached hydrogens (tertiary/aromatic N) is 2. The van der Waals surface area contributed by atoms with Crippen molar-refractivity contribution in [3.05, 3.63) is 39.5 Å². The van der Waals surface area contributed by atoms with Gasteiger partial charge in [0.25, 0.3) is 0 Å². The third kappa shape index (κ3) is 2.00. The predicted octanol–water partition coefficient (Wildman–Crippen LogP) is 0.0575. The summed E-state index contributed by atoms with van der Waals surface area (Å²) in [6, 6.07) is 4.16. The van der Waals surface area contributed by atoms with Crippen LogP contribution in [0.1, 0.15) is 17.4 Å². The van der Waals surface area contributed by atoms with E-state index in [-0.39, 0.29) is 20.5 Å². The van der Waals surface area contributed by atoms with Crippen molar-refractivity contribution in [2.45, 2.75) is 6.92 Å². The molecule has 0 aliphatic heterocycles. The topological polar surface area (TPSA) is 105 Å². The van der Waals surface area contributed by atoms with Crippen molar-refractivity contribution in [3.63, 3.8) is 0 Å². The van der Waals surface area contributed by atoms with Crippen LogP contribution < -0.4 is 15.0 Å². The first-order valence-electron chi connectivity index (χ1n) is 5.74. The summed E-state index contributed by atoms with van der Waals surface area (Å²) in [7, 11) is 1.03. The van der Waals surface area contributed by atoms with E-state index >= 15 is 0 Å². The van der Waals surface area contributed by atoms with Gasteiger partial charge in [0.05, 0.1) is 19.8 Å². The molecule has 8 nitrogen and oxygen atoms in total. The van der Waals surface area contributed by atoms with Gasteiger partial charge in [0.1, 0.15) is 5.75 Å². The average molecular weight is 280 g/mol. The minimum Gasteiger partial charge on any atom is -0.617 e. The quantitative estimate of drug-likeness (QED) is 0.369. The van der Waals surface area contributed by atoms with E-state index < -0.39 is 17.2 Å². The van der Waals surface area contributed by atoms with Gasteiger partial charge in [0.15, 0.2) is 5.52 Å². The summed E-state index contributed by atoms with van der Waals surface area (Å²) in [5.41, 5.74) is -2.10. The number of hydrogen-bond acceptors (Lipinski definition) is 6. The summed E-state index contributed by atoms with van der Waals surface area (Å²) in [4.78, 5) is 23.2. The van der Waals surface area contributed by atoms with Crippen LogP contribution in [0, 0.1) is 5.21 Å². The van der Waals surface area contributed by atoms with E-state index in [1.165, 1.54) is 18.2 Å². The minimum atomic E-state index is -1.15. The molecule has 0 fully saturated rings. The lowest BCUT2D eigenvalue weighted by Gasteiger charge is -2.09. The molecule has 0 amide bonds. The van der Waals surface area contributed by atoms with Gasteiger partial charge < -0.3 is 19.9 Å². The highest BCUT2D eigenvalue weighted by molar-refractivity contribution is 5.86. The van der Waals surface area contributed by atoms with Crippen molar-refractivity contribution >= 4 is 17.0 Å². The fourth-order valence-corrected chi connectivity index (χ4v) is 1.79. The number of fused-ring (bicyclic) bond motifs is 1. The number of esters is 1. The molecule has 0 aliphatic rings. The molecule has 2 aromatic rings. The molecule has 8 heteroatoms. The highest BCUT2D eigenvalue weighted by Gasteiger charge is 2.28. The van der Waals surface area contributed by atoms with Crippen molar-refractivity contribution in [2.24, 2.45) is 0 Å². The van der Waals surface area contributed by atoms with Crippen LogP contribution in [0.2, 0.25) is 0 Å². The van der Waals surface area contributed by atoms with Crippen LogP contribution in [-0.2, 0) is 4.74 Å². The van der Waals surface area contributed by atoms with Gasteiger partial charge in [0.2, 0.25) is 5.52 Å². The Hall–Kier alpha value is -2.77. The predicted molar refractivity (Wildman–Crippen MR) is 66.9 cm³/mol. The monoisotopic (exact) mass is 280 g/mol. The number of aromatic nitrogens is 2. The molecule has 1 N–H and O–H groups in total. The second-order valence-corrected chi connectivity index (χ2v) is 3.84. The SMILES string of the molecule is CCOc1ccc2c(c1)[n+]([O-])c(C(=O)OC)c(=O)n2O. The van der Waals surface area contributed by atoms with Crippen molar-refractivity contribution in [1.82, 2.24) is 4.73 Å². The van der Waals surface area contributed by atoms with E-state index in [4.69, 9.17) is 4.74 Å². The fourth-order valence-electron chi connectivity index (χ4n) is 1.79. The van der Waals surface area contributed by atoms with Crippen LogP contribution in [0.15, 0.2) is 23.0 Å². The molecule has 0 aliphatic carbocycles. The molecular weight excluding hydrogens is 268 g/mol. The molecule has 1 aromatic carbocycles. The highest BCUT2D eigenvalue weighted by atomic mass is 16.5. The zero-order valence-corrected chi connectivity index (χ0v) is 10.8. The van der Waals surface area contributed by atoms with E-state index in [9.17, 15) is 20.0 Å². The maximum atomic E-state index is 12.1. The summed E-state index contributed by atoms with van der Waals surface area (Å²) < 4.78 is 9.94. The molecule has 1 aromatic heterocycles. The molecule has 2 rings (SSSR count). The Morgan fingerprint density at radius 1 is 1.50 bits per heavy atom. The number of ether oxygens (including phenoxy) is 2. The van der Waals surface area contributed by atoms with Gasteiger partial charge in [-0.15, -0.1) is 4.73 Å². The molecule has 106 valence electrons. The Balaban J connectivity index is 2.83. The second kappa shape index (κ2) is 5.08. The molecular formula is C12H12N2O6. The number of carbonyl (C=O) groups is 1. The summed E-state index contributed by atoms with van der Waals surface area (Å²) in [5, 5.41) is 21.8. The van der Waals surface area contributed by atoms with Crippen molar-refractivity contribution in [1.29, 1.82) is 0 Å². The zero-order valence-electron chi connectivity index (χ0n) is 10.8. The maximum Gasteiger partial charge on any atom is 0.411 e. The van der Waals surface area contributed by atoms with Gasteiger partial charge in [-0.1, -0.05) is 0 Å². The Morgan fingerprint density at radius 2 is 2.20 bits per heavy atom. The fraction of sp³-hybridized carbons (Fsp3) is 0.250. The molecule has 1 heterocycles. The Labute approximate surface area is 112 Å². The van der Waals surface area contributed by atoms with Crippen molar-refractivity contribution in [2.75, 3.05) is 13.7 Å². The van der Waals surface area contributed by atoms with Crippen molar-refractivity contribution < 1.29 is 24.2 Å². The Bertz CT molecular complexity index is 737. The minimum absolute atomic E-state index is 0.0406. The number of rotatable bonds is 3. The lowest BCUT2D eigenvalue weighted by atomic mass is 10.2. The molecule has 0 spiro atoms. The standard InChI is InChI=1S/C12H12N2O6/c1-3-20-7-4-5-8-9(6-7)13(17)10(12(16)19-2)11(15)14(8)18/h4-6,18H,3H2,1-2H3. The van der Waals surface area contributed by atoms with Gasteiger partial charge in [-0.05, 0) is 19.1 Å².